The van der Waals surface area contributed by atoms with Gasteiger partial charge in [0.05, 0.1) is 5.75 Å². The maximum atomic E-state index is 12.1. The zero-order valence-corrected chi connectivity index (χ0v) is 10.3. The van der Waals surface area contributed by atoms with Crippen LogP contribution in [0, 0.1) is 12.1 Å². The molecule has 1 aromatic heterocycles. The van der Waals surface area contributed by atoms with Crippen LogP contribution < -0.4 is 4.73 Å². The smallest absolute Gasteiger partial charge is 0.284 e. The summed E-state index contributed by atoms with van der Waals surface area (Å²) in [5, 5.41) is 11.9. The molecule has 2 aromatic rings. The van der Waals surface area contributed by atoms with Crippen molar-refractivity contribution < 1.29 is 8.94 Å². The van der Waals surface area contributed by atoms with Crippen molar-refractivity contribution in [3.05, 3.63) is 65.0 Å². The summed E-state index contributed by atoms with van der Waals surface area (Å²) in [5.74, 6) is 0.369. The lowest BCUT2D eigenvalue weighted by Gasteiger charge is -2.06. The van der Waals surface area contributed by atoms with E-state index >= 15 is 0 Å². The van der Waals surface area contributed by atoms with Crippen LogP contribution in [0.25, 0.3) is 0 Å². The molecule has 0 spiro atoms. The molecule has 3 nitrogen and oxygen atoms in total. The van der Waals surface area contributed by atoms with Crippen LogP contribution >= 0.6 is 0 Å². The third kappa shape index (κ3) is 2.71. The average molecular weight is 247 g/mol. The molecular formula is C13H13NO2S. The number of pyridine rings is 1. The quantitative estimate of drug-likeness (QED) is 0.614. The van der Waals surface area contributed by atoms with Crippen LogP contribution in [0.3, 0.4) is 0 Å². The van der Waals surface area contributed by atoms with E-state index in [2.05, 4.69) is 0 Å². The van der Waals surface area contributed by atoms with Gasteiger partial charge in [-0.25, -0.2) is 4.21 Å². The maximum absolute atomic E-state index is 12.1. The van der Waals surface area contributed by atoms with E-state index in [9.17, 15) is 9.42 Å². The van der Waals surface area contributed by atoms with Crippen LogP contribution in [0.4, 0.5) is 0 Å². The number of aromatic nitrogens is 1. The Morgan fingerprint density at radius 3 is 2.53 bits per heavy atom. The van der Waals surface area contributed by atoms with E-state index in [0.29, 0.717) is 15.5 Å². The monoisotopic (exact) mass is 247 g/mol. The largest absolute Gasteiger partial charge is 0.618 e. The number of hydrogen-bond acceptors (Lipinski definition) is 2. The SMILES string of the molecule is Cc1ccc[n+]([O-])c1S(=O)Cc1ccccc1. The highest BCUT2D eigenvalue weighted by atomic mass is 32.2. The van der Waals surface area contributed by atoms with Crippen molar-refractivity contribution in [2.24, 2.45) is 0 Å². The van der Waals surface area contributed by atoms with Gasteiger partial charge in [0.2, 0.25) is 0 Å². The van der Waals surface area contributed by atoms with Crippen molar-refractivity contribution in [1.82, 2.24) is 0 Å². The van der Waals surface area contributed by atoms with E-state index in [0.717, 1.165) is 11.1 Å². The topological polar surface area (TPSA) is 44.0 Å². The second kappa shape index (κ2) is 5.10. The van der Waals surface area contributed by atoms with Gasteiger partial charge in [-0.2, -0.15) is 4.73 Å². The maximum Gasteiger partial charge on any atom is 0.284 e. The van der Waals surface area contributed by atoms with Crippen LogP contribution in [-0.2, 0) is 16.6 Å². The third-order valence-electron chi connectivity index (χ3n) is 2.46. The minimum Gasteiger partial charge on any atom is -0.618 e. The van der Waals surface area contributed by atoms with Gasteiger partial charge >= 0.3 is 0 Å². The second-order valence-corrected chi connectivity index (χ2v) is 5.16. The molecule has 0 fully saturated rings. The van der Waals surface area contributed by atoms with E-state index in [1.54, 1.807) is 19.1 Å². The Hall–Kier alpha value is -1.68. The number of aryl methyl sites for hydroxylation is 1. The molecule has 1 aromatic carbocycles. The summed E-state index contributed by atoms with van der Waals surface area (Å²) in [6.07, 6.45) is 1.38. The Morgan fingerprint density at radius 1 is 1.18 bits per heavy atom. The van der Waals surface area contributed by atoms with Gasteiger partial charge in [-0.3, -0.25) is 0 Å². The van der Waals surface area contributed by atoms with Gasteiger partial charge in [0.1, 0.15) is 10.8 Å². The summed E-state index contributed by atoms with van der Waals surface area (Å²) in [6, 6.07) is 13.0. The van der Waals surface area contributed by atoms with Gasteiger partial charge in [-0.15, -0.1) is 0 Å². The summed E-state index contributed by atoms with van der Waals surface area (Å²) < 4.78 is 12.8. The molecule has 0 aliphatic heterocycles. The minimum atomic E-state index is -1.31. The Kier molecular flexibility index (Phi) is 3.54. The Labute approximate surface area is 103 Å². The van der Waals surface area contributed by atoms with Crippen LogP contribution in [0.2, 0.25) is 0 Å². The fourth-order valence-corrected chi connectivity index (χ4v) is 2.97. The number of benzene rings is 1. The van der Waals surface area contributed by atoms with Gasteiger partial charge in [0.15, 0.2) is 6.20 Å². The van der Waals surface area contributed by atoms with E-state index < -0.39 is 10.8 Å². The van der Waals surface area contributed by atoms with Crippen LogP contribution in [-0.4, -0.2) is 4.21 Å². The molecule has 0 bridgehead atoms. The normalized spacial score (nSPS) is 12.3. The van der Waals surface area contributed by atoms with Gasteiger partial charge in [-0.1, -0.05) is 30.3 Å². The first-order valence-corrected chi connectivity index (χ1v) is 6.61. The highest BCUT2D eigenvalue weighted by Gasteiger charge is 2.17. The summed E-state index contributed by atoms with van der Waals surface area (Å²) >= 11 is 0. The first-order chi connectivity index (χ1) is 8.18. The van der Waals surface area contributed by atoms with E-state index in [1.807, 2.05) is 30.3 Å². The van der Waals surface area contributed by atoms with Crippen LogP contribution in [0.1, 0.15) is 11.1 Å². The zero-order chi connectivity index (χ0) is 12.3. The number of hydrogen-bond donors (Lipinski definition) is 0. The van der Waals surface area contributed by atoms with Crippen molar-refractivity contribution in [2.75, 3.05) is 0 Å². The summed E-state index contributed by atoms with van der Waals surface area (Å²) in [6.45, 7) is 1.80. The number of rotatable bonds is 3. The molecule has 4 heteroatoms. The molecule has 88 valence electrons. The van der Waals surface area contributed by atoms with E-state index in [4.69, 9.17) is 0 Å². The van der Waals surface area contributed by atoms with Crippen molar-refractivity contribution in [2.45, 2.75) is 17.7 Å². The molecule has 17 heavy (non-hydrogen) atoms. The second-order valence-electron chi connectivity index (χ2n) is 3.80. The molecule has 1 unspecified atom stereocenters. The summed E-state index contributed by atoms with van der Waals surface area (Å²) in [7, 11) is -1.31. The van der Waals surface area contributed by atoms with Gasteiger partial charge < -0.3 is 5.21 Å². The Bertz CT molecular complexity index is 520. The molecule has 0 aliphatic carbocycles. The highest BCUT2D eigenvalue weighted by Crippen LogP contribution is 2.12. The van der Waals surface area contributed by atoms with E-state index in [1.165, 1.54) is 6.20 Å². The fraction of sp³-hybridized carbons (Fsp3) is 0.154. The molecule has 0 saturated carbocycles. The lowest BCUT2D eigenvalue weighted by Crippen LogP contribution is -2.32. The fourth-order valence-electron chi connectivity index (χ4n) is 1.65. The highest BCUT2D eigenvalue weighted by molar-refractivity contribution is 7.84. The summed E-state index contributed by atoms with van der Waals surface area (Å²) in [4.78, 5) is 0. The molecule has 2 rings (SSSR count). The van der Waals surface area contributed by atoms with Crippen molar-refractivity contribution in [3.63, 3.8) is 0 Å². The number of nitrogens with zero attached hydrogens (tertiary/aromatic N) is 1. The standard InChI is InChI=1S/C13H13NO2S/c1-11-6-5-9-14(15)13(11)17(16)10-12-7-3-2-4-8-12/h2-9H,10H2,1H3. The molecule has 1 atom stereocenters. The summed E-state index contributed by atoms with van der Waals surface area (Å²) in [5.41, 5.74) is 1.73. The zero-order valence-electron chi connectivity index (χ0n) is 9.50. The molecule has 0 amide bonds. The van der Waals surface area contributed by atoms with E-state index in [-0.39, 0.29) is 0 Å². The van der Waals surface area contributed by atoms with Crippen molar-refractivity contribution in [1.29, 1.82) is 0 Å². The van der Waals surface area contributed by atoms with Gasteiger partial charge in [-0.05, 0) is 18.6 Å². The first kappa shape index (κ1) is 11.8. The minimum absolute atomic E-state index is 0.344. The molecule has 0 aliphatic rings. The molecule has 0 N–H and O–H groups in total. The van der Waals surface area contributed by atoms with Crippen LogP contribution in [0.5, 0.6) is 0 Å². The lowest BCUT2D eigenvalue weighted by atomic mass is 10.2. The molecule has 0 saturated heterocycles. The average Bonchev–Trinajstić information content (AvgIpc) is 2.30. The van der Waals surface area contributed by atoms with Crippen molar-refractivity contribution >= 4 is 10.8 Å². The van der Waals surface area contributed by atoms with Crippen LogP contribution in [0.15, 0.2) is 53.7 Å². The molecular weight excluding hydrogens is 234 g/mol. The third-order valence-corrected chi connectivity index (χ3v) is 3.99. The van der Waals surface area contributed by atoms with Crippen molar-refractivity contribution in [3.8, 4) is 0 Å². The van der Waals surface area contributed by atoms with Gasteiger partial charge in [0, 0.05) is 11.6 Å². The molecule has 1 heterocycles. The Morgan fingerprint density at radius 2 is 1.88 bits per heavy atom. The lowest BCUT2D eigenvalue weighted by molar-refractivity contribution is -0.646. The molecule has 0 radical (unpaired) electrons. The predicted molar refractivity (Wildman–Crippen MR) is 66.7 cm³/mol. The first-order valence-electron chi connectivity index (χ1n) is 5.29. The van der Waals surface area contributed by atoms with Gasteiger partial charge in [0.25, 0.3) is 5.03 Å². The predicted octanol–water partition coefficient (Wildman–Crippen LogP) is 1.94. The Balaban J connectivity index is 2.27.